The molecule has 3 aliphatic rings. The van der Waals surface area contributed by atoms with Gasteiger partial charge in [-0.3, -0.25) is 19.2 Å². The van der Waals surface area contributed by atoms with E-state index in [0.29, 0.717) is 29.1 Å². The van der Waals surface area contributed by atoms with Crippen LogP contribution in [0.2, 0.25) is 5.02 Å². The van der Waals surface area contributed by atoms with E-state index in [1.165, 1.54) is 11.0 Å². The molecular formula is C28H33ClN4O7S. The standard InChI is InChI=1S/C28H33ClN4O7S/c1-5-16-14-28(16,25(35)32-41(37,38)18-9-10-18)31-23(34)22-13-17(15-33(22)26(36)40-27(2,3)4)39-24-20-7-6-8-21(29)19(20)11-12-30-24/h5-8,11-12,16-18,22H,1,9-10,13-15H2,2-4H3,(H,31,34)(H,32,35)/t16-,17-,22+,28-/m1/s1. The summed E-state index contributed by atoms with van der Waals surface area (Å²) in [6.45, 7) is 8.88. The zero-order chi connectivity index (χ0) is 29.7. The zero-order valence-electron chi connectivity index (χ0n) is 23.1. The van der Waals surface area contributed by atoms with Gasteiger partial charge in [0.1, 0.15) is 23.3 Å². The molecule has 1 aromatic carbocycles. The topological polar surface area (TPSA) is 144 Å². The summed E-state index contributed by atoms with van der Waals surface area (Å²) in [7, 11) is -3.83. The normalized spacial score (nSPS) is 25.9. The first-order valence-electron chi connectivity index (χ1n) is 13.4. The summed E-state index contributed by atoms with van der Waals surface area (Å²) >= 11 is 6.33. The summed E-state index contributed by atoms with van der Waals surface area (Å²) in [4.78, 5) is 45.7. The van der Waals surface area contributed by atoms with Crippen LogP contribution < -0.4 is 14.8 Å². The van der Waals surface area contributed by atoms with E-state index in [1.54, 1.807) is 45.2 Å². The number of carbonyl (C=O) groups is 3. The molecule has 2 N–H and O–H groups in total. The SMILES string of the molecule is C=C[C@@H]1C[C@]1(NC(=O)[C@@H]1C[C@@H](Oc2nccc3c(Cl)cccc23)CN1C(=O)OC(C)(C)C)C(=O)NS(=O)(=O)C1CC1. The van der Waals surface area contributed by atoms with Crippen LogP contribution >= 0.6 is 11.6 Å². The smallest absolute Gasteiger partial charge is 0.411 e. The summed E-state index contributed by atoms with van der Waals surface area (Å²) in [5.74, 6) is -1.60. The molecule has 2 heterocycles. The number of carbonyl (C=O) groups excluding carboxylic acids is 3. The van der Waals surface area contributed by atoms with Gasteiger partial charge in [0.15, 0.2) is 0 Å². The second-order valence-corrected chi connectivity index (χ2v) is 14.1. The summed E-state index contributed by atoms with van der Waals surface area (Å²) in [6, 6.07) is 6.06. The van der Waals surface area contributed by atoms with Gasteiger partial charge in [0.2, 0.25) is 21.8 Å². The van der Waals surface area contributed by atoms with Crippen molar-refractivity contribution < 1.29 is 32.3 Å². The maximum atomic E-state index is 13.7. The predicted molar refractivity (Wildman–Crippen MR) is 152 cm³/mol. The zero-order valence-corrected chi connectivity index (χ0v) is 24.6. The number of amides is 3. The number of aromatic nitrogens is 1. The van der Waals surface area contributed by atoms with Gasteiger partial charge in [-0.15, -0.1) is 6.58 Å². The third-order valence-electron chi connectivity index (χ3n) is 7.44. The second-order valence-electron chi connectivity index (χ2n) is 11.8. The monoisotopic (exact) mass is 604 g/mol. The number of sulfonamides is 1. The van der Waals surface area contributed by atoms with E-state index in [9.17, 15) is 22.8 Å². The number of rotatable bonds is 8. The minimum Gasteiger partial charge on any atom is -0.472 e. The van der Waals surface area contributed by atoms with Crippen LogP contribution in [0.25, 0.3) is 10.8 Å². The lowest BCUT2D eigenvalue weighted by molar-refractivity contribution is -0.131. The van der Waals surface area contributed by atoms with E-state index >= 15 is 0 Å². The number of fused-ring (bicyclic) bond motifs is 1. The van der Waals surface area contributed by atoms with E-state index in [2.05, 4.69) is 21.6 Å². The Morgan fingerprint density at radius 3 is 2.56 bits per heavy atom. The molecule has 0 bridgehead atoms. The summed E-state index contributed by atoms with van der Waals surface area (Å²) in [5, 5.41) is 4.08. The molecule has 2 aliphatic carbocycles. The molecule has 220 valence electrons. The largest absolute Gasteiger partial charge is 0.472 e. The maximum Gasteiger partial charge on any atom is 0.411 e. The molecule has 11 nitrogen and oxygen atoms in total. The number of nitrogens with one attached hydrogen (secondary N) is 2. The van der Waals surface area contributed by atoms with Crippen LogP contribution in [-0.4, -0.2) is 71.3 Å². The minimum atomic E-state index is -3.83. The number of likely N-dealkylation sites (tertiary alicyclic amines) is 1. The molecule has 41 heavy (non-hydrogen) atoms. The van der Waals surface area contributed by atoms with Crippen LogP contribution in [0.4, 0.5) is 4.79 Å². The minimum absolute atomic E-state index is 0.0196. The molecular weight excluding hydrogens is 572 g/mol. The van der Waals surface area contributed by atoms with Crippen molar-refractivity contribution in [2.75, 3.05) is 6.54 Å². The van der Waals surface area contributed by atoms with Crippen LogP contribution in [0, 0.1) is 5.92 Å². The molecule has 1 aliphatic heterocycles. The van der Waals surface area contributed by atoms with Crippen molar-refractivity contribution in [3.63, 3.8) is 0 Å². The van der Waals surface area contributed by atoms with Crippen molar-refractivity contribution in [3.8, 4) is 5.88 Å². The highest BCUT2D eigenvalue weighted by Crippen LogP contribution is 2.45. The summed E-state index contributed by atoms with van der Waals surface area (Å²) in [6.07, 6.45) is 2.96. The van der Waals surface area contributed by atoms with Crippen molar-refractivity contribution >= 4 is 50.3 Å². The van der Waals surface area contributed by atoms with Gasteiger partial charge < -0.3 is 14.8 Å². The Morgan fingerprint density at radius 1 is 1.20 bits per heavy atom. The molecule has 1 saturated heterocycles. The highest BCUT2D eigenvalue weighted by Gasteiger charge is 2.62. The van der Waals surface area contributed by atoms with Gasteiger partial charge in [-0.25, -0.2) is 18.2 Å². The van der Waals surface area contributed by atoms with Crippen LogP contribution in [0.1, 0.15) is 46.5 Å². The average molecular weight is 605 g/mol. The van der Waals surface area contributed by atoms with Gasteiger partial charge in [0.25, 0.3) is 5.91 Å². The van der Waals surface area contributed by atoms with Crippen molar-refractivity contribution in [1.29, 1.82) is 0 Å². The molecule has 0 radical (unpaired) electrons. The van der Waals surface area contributed by atoms with E-state index in [0.717, 1.165) is 5.39 Å². The second kappa shape index (κ2) is 10.5. The first-order chi connectivity index (χ1) is 19.2. The van der Waals surface area contributed by atoms with E-state index in [-0.39, 0.29) is 19.4 Å². The van der Waals surface area contributed by atoms with Crippen molar-refractivity contribution in [3.05, 3.63) is 48.1 Å². The Balaban J connectivity index is 1.38. The number of hydrogen-bond acceptors (Lipinski definition) is 8. The Morgan fingerprint density at radius 2 is 1.93 bits per heavy atom. The van der Waals surface area contributed by atoms with E-state index in [4.69, 9.17) is 21.1 Å². The average Bonchev–Trinajstić information content (AvgIpc) is 3.80. The van der Waals surface area contributed by atoms with Gasteiger partial charge >= 0.3 is 6.09 Å². The molecule has 0 spiro atoms. The summed E-state index contributed by atoms with van der Waals surface area (Å²) in [5.41, 5.74) is -2.30. The molecule has 13 heteroatoms. The Kier molecular flexibility index (Phi) is 7.44. The van der Waals surface area contributed by atoms with Crippen molar-refractivity contribution in [2.24, 2.45) is 5.92 Å². The number of halogens is 1. The molecule has 4 atom stereocenters. The third kappa shape index (κ3) is 5.99. The fraction of sp³-hybridized carbons (Fsp3) is 0.500. The fourth-order valence-electron chi connectivity index (χ4n) is 5.07. The molecule has 0 unspecified atom stereocenters. The lowest BCUT2D eigenvalue weighted by Crippen LogP contribution is -2.56. The van der Waals surface area contributed by atoms with Gasteiger partial charge in [0, 0.05) is 34.3 Å². The molecule has 3 fully saturated rings. The Labute approximate surface area is 243 Å². The quantitative estimate of drug-likeness (QED) is 0.437. The highest BCUT2D eigenvalue weighted by molar-refractivity contribution is 7.91. The van der Waals surface area contributed by atoms with Crippen molar-refractivity contribution in [1.82, 2.24) is 19.9 Å². The van der Waals surface area contributed by atoms with Gasteiger partial charge in [-0.1, -0.05) is 23.7 Å². The van der Waals surface area contributed by atoms with Crippen LogP contribution in [0.3, 0.4) is 0 Å². The number of hydrogen-bond donors (Lipinski definition) is 2. The maximum absolute atomic E-state index is 13.7. The van der Waals surface area contributed by atoms with Crippen LogP contribution in [0.5, 0.6) is 5.88 Å². The number of nitrogens with zero attached hydrogens (tertiary/aromatic N) is 2. The number of ether oxygens (including phenoxy) is 2. The third-order valence-corrected chi connectivity index (χ3v) is 9.59. The lowest BCUT2D eigenvalue weighted by Gasteiger charge is -2.29. The van der Waals surface area contributed by atoms with Crippen LogP contribution in [0.15, 0.2) is 43.1 Å². The van der Waals surface area contributed by atoms with E-state index < -0.39 is 62.4 Å². The lowest BCUT2D eigenvalue weighted by atomic mass is 10.1. The molecule has 3 amide bonds. The van der Waals surface area contributed by atoms with Crippen LogP contribution in [-0.2, 0) is 24.3 Å². The predicted octanol–water partition coefficient (Wildman–Crippen LogP) is 3.31. The first kappa shape index (κ1) is 29.1. The van der Waals surface area contributed by atoms with Crippen molar-refractivity contribution in [2.45, 2.75) is 75.0 Å². The molecule has 2 saturated carbocycles. The Hall–Kier alpha value is -3.38. The van der Waals surface area contributed by atoms with Gasteiger partial charge in [0.05, 0.1) is 11.8 Å². The fourth-order valence-corrected chi connectivity index (χ4v) is 6.67. The van der Waals surface area contributed by atoms with Gasteiger partial charge in [-0.05, 0) is 58.2 Å². The molecule has 5 rings (SSSR count). The van der Waals surface area contributed by atoms with Gasteiger partial charge in [-0.2, -0.15) is 0 Å². The highest BCUT2D eigenvalue weighted by atomic mass is 35.5. The summed E-state index contributed by atoms with van der Waals surface area (Å²) < 4.78 is 38.8. The number of benzene rings is 1. The molecule has 2 aromatic rings. The first-order valence-corrected chi connectivity index (χ1v) is 15.4. The molecule has 1 aromatic heterocycles. The Bertz CT molecular complexity index is 1520. The van der Waals surface area contributed by atoms with E-state index in [1.807, 2.05) is 6.07 Å². The number of pyridine rings is 1.